The van der Waals surface area contributed by atoms with Gasteiger partial charge in [-0.1, -0.05) is 13.0 Å². The van der Waals surface area contributed by atoms with Gasteiger partial charge in [-0.05, 0) is 44.3 Å². The van der Waals surface area contributed by atoms with Crippen LogP contribution in [-0.2, 0) is 20.1 Å². The van der Waals surface area contributed by atoms with Crippen LogP contribution in [0, 0.1) is 6.92 Å². The first-order valence-electron chi connectivity index (χ1n) is 8.63. The first-order valence-corrected chi connectivity index (χ1v) is 9.51. The summed E-state index contributed by atoms with van der Waals surface area (Å²) in [6.07, 6.45) is 4.71. The average molecular weight is 333 g/mol. The Kier molecular flexibility index (Phi) is 5.51. The smallest absolute Gasteiger partial charge is 0.105 e. The molecule has 5 heteroatoms. The van der Waals surface area contributed by atoms with Crippen LogP contribution in [0.15, 0.2) is 23.7 Å². The molecule has 1 fully saturated rings. The highest BCUT2D eigenvalue weighted by atomic mass is 32.1. The third kappa shape index (κ3) is 4.03. The van der Waals surface area contributed by atoms with E-state index >= 15 is 0 Å². The van der Waals surface area contributed by atoms with Gasteiger partial charge in [0.15, 0.2) is 0 Å². The van der Waals surface area contributed by atoms with Crippen LogP contribution >= 0.6 is 11.3 Å². The predicted molar refractivity (Wildman–Crippen MR) is 96.6 cm³/mol. The lowest BCUT2D eigenvalue weighted by Crippen LogP contribution is -2.39. The van der Waals surface area contributed by atoms with E-state index in [-0.39, 0.29) is 0 Å². The summed E-state index contributed by atoms with van der Waals surface area (Å²) in [4.78, 5) is 11.1. The lowest BCUT2D eigenvalue weighted by Gasteiger charge is -2.30. The lowest BCUT2D eigenvalue weighted by atomic mass is 10.2. The molecule has 3 heterocycles. The Bertz CT molecular complexity index is 605. The minimum Gasteiger partial charge on any atom is -0.334 e. The van der Waals surface area contributed by atoms with Gasteiger partial charge >= 0.3 is 0 Å². The Balaban J connectivity index is 1.72. The third-order valence-electron chi connectivity index (χ3n) is 5.04. The number of hydrogen-bond acceptors (Lipinski definition) is 4. The second-order valence-corrected chi connectivity index (χ2v) is 7.56. The number of imidazole rings is 1. The zero-order valence-corrected chi connectivity index (χ0v) is 15.4. The highest BCUT2D eigenvalue weighted by molar-refractivity contribution is 7.09. The number of thiophene rings is 1. The van der Waals surface area contributed by atoms with E-state index in [1.165, 1.54) is 36.5 Å². The van der Waals surface area contributed by atoms with Crippen LogP contribution in [0.4, 0.5) is 0 Å². The van der Waals surface area contributed by atoms with E-state index in [1.807, 2.05) is 17.5 Å². The van der Waals surface area contributed by atoms with Gasteiger partial charge in [-0.25, -0.2) is 4.98 Å². The van der Waals surface area contributed by atoms with Crippen molar-refractivity contribution in [3.05, 3.63) is 40.1 Å². The van der Waals surface area contributed by atoms with Crippen LogP contribution in [-0.4, -0.2) is 45.0 Å². The van der Waals surface area contributed by atoms with Crippen LogP contribution in [0.25, 0.3) is 0 Å². The molecule has 0 spiro atoms. The third-order valence-corrected chi connectivity index (χ3v) is 5.90. The molecule has 0 aliphatic carbocycles. The predicted octanol–water partition coefficient (Wildman–Crippen LogP) is 3.28. The SMILES string of the molecule is CCN1CCC[C@H]1CN(Cc1cccs1)Cc1cnc(C)n1C. The fourth-order valence-corrected chi connectivity index (χ4v) is 4.30. The maximum absolute atomic E-state index is 4.46. The number of likely N-dealkylation sites (N-methyl/N-ethyl adjacent to an activating group) is 1. The van der Waals surface area contributed by atoms with E-state index in [1.54, 1.807) is 0 Å². The van der Waals surface area contributed by atoms with Gasteiger partial charge < -0.3 is 4.57 Å². The number of likely N-dealkylation sites (tertiary alicyclic amines) is 1. The number of hydrogen-bond donors (Lipinski definition) is 0. The van der Waals surface area contributed by atoms with Gasteiger partial charge in [0, 0.05) is 43.8 Å². The topological polar surface area (TPSA) is 24.3 Å². The van der Waals surface area contributed by atoms with Crippen LogP contribution in [0.2, 0.25) is 0 Å². The van der Waals surface area contributed by atoms with Crippen LogP contribution in [0.1, 0.15) is 36.2 Å². The Morgan fingerprint density at radius 1 is 1.39 bits per heavy atom. The molecule has 0 saturated carbocycles. The molecule has 126 valence electrons. The molecule has 0 aromatic carbocycles. The van der Waals surface area contributed by atoms with Crippen molar-refractivity contribution in [3.63, 3.8) is 0 Å². The van der Waals surface area contributed by atoms with Gasteiger partial charge in [0.2, 0.25) is 0 Å². The summed E-state index contributed by atoms with van der Waals surface area (Å²) < 4.78 is 2.22. The molecule has 1 aliphatic rings. The quantitative estimate of drug-likeness (QED) is 0.778. The molecular formula is C18H28N4S. The van der Waals surface area contributed by atoms with Gasteiger partial charge in [-0.3, -0.25) is 9.80 Å². The number of rotatable bonds is 7. The maximum Gasteiger partial charge on any atom is 0.105 e. The molecule has 2 aromatic rings. The summed E-state index contributed by atoms with van der Waals surface area (Å²) in [6, 6.07) is 5.10. The number of nitrogens with zero attached hydrogens (tertiary/aromatic N) is 4. The van der Waals surface area contributed by atoms with Gasteiger partial charge in [0.25, 0.3) is 0 Å². The van der Waals surface area contributed by atoms with Gasteiger partial charge in [-0.2, -0.15) is 0 Å². The van der Waals surface area contributed by atoms with Crippen molar-refractivity contribution in [3.8, 4) is 0 Å². The van der Waals surface area contributed by atoms with Crippen molar-refractivity contribution in [2.45, 2.75) is 45.8 Å². The zero-order valence-electron chi connectivity index (χ0n) is 14.5. The molecule has 0 amide bonds. The fourth-order valence-electron chi connectivity index (χ4n) is 3.55. The molecule has 1 atom stereocenters. The molecule has 2 aromatic heterocycles. The monoisotopic (exact) mass is 332 g/mol. The van der Waals surface area contributed by atoms with Crippen LogP contribution < -0.4 is 0 Å². The van der Waals surface area contributed by atoms with Crippen molar-refractivity contribution >= 4 is 11.3 Å². The molecule has 0 N–H and O–H groups in total. The highest BCUT2D eigenvalue weighted by Crippen LogP contribution is 2.21. The summed E-state index contributed by atoms with van der Waals surface area (Å²) in [7, 11) is 2.12. The average Bonchev–Trinajstić information content (AvgIpc) is 3.26. The second-order valence-electron chi connectivity index (χ2n) is 6.53. The lowest BCUT2D eigenvalue weighted by molar-refractivity contribution is 0.164. The van der Waals surface area contributed by atoms with E-state index in [4.69, 9.17) is 0 Å². The molecule has 0 unspecified atom stereocenters. The Morgan fingerprint density at radius 3 is 2.91 bits per heavy atom. The second kappa shape index (κ2) is 7.60. The summed E-state index contributed by atoms with van der Waals surface area (Å²) in [6.45, 7) is 9.95. The van der Waals surface area contributed by atoms with Gasteiger partial charge in [0.05, 0.1) is 5.69 Å². The molecule has 0 radical (unpaired) electrons. The van der Waals surface area contributed by atoms with E-state index in [2.05, 4.69) is 57.8 Å². The Morgan fingerprint density at radius 2 is 2.26 bits per heavy atom. The van der Waals surface area contributed by atoms with Gasteiger partial charge in [0.1, 0.15) is 5.82 Å². The number of aromatic nitrogens is 2. The first-order chi connectivity index (χ1) is 11.2. The van der Waals surface area contributed by atoms with Crippen molar-refractivity contribution in [1.82, 2.24) is 19.4 Å². The molecule has 3 rings (SSSR count). The molecular weight excluding hydrogens is 304 g/mol. The van der Waals surface area contributed by atoms with E-state index < -0.39 is 0 Å². The molecule has 0 bridgehead atoms. The summed E-state index contributed by atoms with van der Waals surface area (Å²) in [5.74, 6) is 1.09. The highest BCUT2D eigenvalue weighted by Gasteiger charge is 2.25. The van der Waals surface area contributed by atoms with Crippen LogP contribution in [0.3, 0.4) is 0 Å². The first kappa shape index (κ1) is 16.7. The molecule has 1 saturated heterocycles. The van der Waals surface area contributed by atoms with Crippen molar-refractivity contribution in [2.24, 2.45) is 7.05 Å². The van der Waals surface area contributed by atoms with Crippen molar-refractivity contribution in [2.75, 3.05) is 19.6 Å². The van der Waals surface area contributed by atoms with E-state index in [0.29, 0.717) is 6.04 Å². The standard InChI is InChI=1S/C18H28N4S/c1-4-22-9-5-7-16(22)12-21(14-18-8-6-10-23-18)13-17-11-19-15(2)20(17)3/h6,8,10-11,16H,4-5,7,9,12-14H2,1-3H3/t16-/m0/s1. The summed E-state index contributed by atoms with van der Waals surface area (Å²) in [5.41, 5.74) is 1.31. The largest absolute Gasteiger partial charge is 0.334 e. The molecule has 4 nitrogen and oxygen atoms in total. The van der Waals surface area contributed by atoms with E-state index in [0.717, 1.165) is 25.5 Å². The van der Waals surface area contributed by atoms with Gasteiger partial charge in [-0.15, -0.1) is 11.3 Å². The molecule has 1 aliphatic heterocycles. The maximum atomic E-state index is 4.46. The van der Waals surface area contributed by atoms with Crippen LogP contribution in [0.5, 0.6) is 0 Å². The van der Waals surface area contributed by atoms with Crippen molar-refractivity contribution in [1.29, 1.82) is 0 Å². The Hall–Kier alpha value is -1.17. The number of aryl methyl sites for hydroxylation is 1. The minimum absolute atomic E-state index is 0.703. The zero-order chi connectivity index (χ0) is 16.2. The molecule has 23 heavy (non-hydrogen) atoms. The van der Waals surface area contributed by atoms with Crippen molar-refractivity contribution < 1.29 is 0 Å². The fraction of sp³-hybridized carbons (Fsp3) is 0.611. The van der Waals surface area contributed by atoms with E-state index in [9.17, 15) is 0 Å². The minimum atomic E-state index is 0.703. The normalized spacial score (nSPS) is 19.0. The Labute approximate surface area is 143 Å². The summed E-state index contributed by atoms with van der Waals surface area (Å²) >= 11 is 1.86. The summed E-state index contributed by atoms with van der Waals surface area (Å²) in [5, 5.41) is 2.18.